The lowest BCUT2D eigenvalue weighted by molar-refractivity contribution is 0.538. The maximum Gasteiger partial charge on any atom is -0.0174 e. The second kappa shape index (κ2) is 3.42. The van der Waals surface area contributed by atoms with Gasteiger partial charge in [-0.3, -0.25) is 0 Å². The van der Waals surface area contributed by atoms with Gasteiger partial charge >= 0.3 is 0 Å². The van der Waals surface area contributed by atoms with Gasteiger partial charge in [0.15, 0.2) is 0 Å². The Morgan fingerprint density at radius 1 is 1.45 bits per heavy atom. The summed E-state index contributed by atoms with van der Waals surface area (Å²) in [6.07, 6.45) is 3.95. The highest BCUT2D eigenvalue weighted by molar-refractivity contribution is 5.13. The van der Waals surface area contributed by atoms with Crippen LogP contribution in [0.5, 0.6) is 0 Å². The van der Waals surface area contributed by atoms with Crippen molar-refractivity contribution in [3.8, 4) is 0 Å². The Bertz CT molecular complexity index is 142. The summed E-state index contributed by atoms with van der Waals surface area (Å²) in [5, 5.41) is 0. The molecule has 0 aromatic rings. The largest absolute Gasteiger partial charge is 0.0993 e. The summed E-state index contributed by atoms with van der Waals surface area (Å²) in [4.78, 5) is 0. The van der Waals surface area contributed by atoms with Crippen molar-refractivity contribution in [3.63, 3.8) is 0 Å². The van der Waals surface area contributed by atoms with E-state index >= 15 is 0 Å². The van der Waals surface area contributed by atoms with Crippen molar-refractivity contribution in [1.29, 1.82) is 0 Å². The molecule has 1 fully saturated rings. The summed E-state index contributed by atoms with van der Waals surface area (Å²) in [6, 6.07) is 0. The second-order valence-corrected chi connectivity index (χ2v) is 3.91. The molecule has 0 heteroatoms. The third-order valence-corrected chi connectivity index (χ3v) is 3.10. The maximum absolute atomic E-state index is 4.21. The average Bonchev–Trinajstić information content (AvgIpc) is 2.69. The Morgan fingerprint density at radius 2 is 1.91 bits per heavy atom. The van der Waals surface area contributed by atoms with Crippen LogP contribution in [-0.2, 0) is 0 Å². The zero-order valence-corrected chi connectivity index (χ0v) is 8.06. The SMILES string of the molecule is C=C(C(CC)CC)C1CC1C. The zero-order chi connectivity index (χ0) is 8.43. The van der Waals surface area contributed by atoms with Crippen LogP contribution in [0.25, 0.3) is 0 Å². The van der Waals surface area contributed by atoms with Crippen molar-refractivity contribution < 1.29 is 0 Å². The van der Waals surface area contributed by atoms with E-state index in [1.54, 1.807) is 0 Å². The highest BCUT2D eigenvalue weighted by atomic mass is 14.4. The van der Waals surface area contributed by atoms with Crippen molar-refractivity contribution in [1.82, 2.24) is 0 Å². The lowest BCUT2D eigenvalue weighted by Crippen LogP contribution is -2.02. The molecule has 1 aliphatic carbocycles. The monoisotopic (exact) mass is 152 g/mol. The van der Waals surface area contributed by atoms with Crippen LogP contribution in [0, 0.1) is 17.8 Å². The van der Waals surface area contributed by atoms with Crippen molar-refractivity contribution >= 4 is 0 Å². The molecular weight excluding hydrogens is 132 g/mol. The van der Waals surface area contributed by atoms with Gasteiger partial charge in [-0.25, -0.2) is 0 Å². The summed E-state index contributed by atoms with van der Waals surface area (Å²) in [5.74, 6) is 2.60. The van der Waals surface area contributed by atoms with Gasteiger partial charge < -0.3 is 0 Å². The van der Waals surface area contributed by atoms with E-state index in [9.17, 15) is 0 Å². The van der Waals surface area contributed by atoms with Gasteiger partial charge in [-0.2, -0.15) is 0 Å². The molecule has 0 aromatic heterocycles. The summed E-state index contributed by atoms with van der Waals surface area (Å²) in [7, 11) is 0. The Morgan fingerprint density at radius 3 is 2.18 bits per heavy atom. The fourth-order valence-electron chi connectivity index (χ4n) is 1.95. The van der Waals surface area contributed by atoms with E-state index in [1.165, 1.54) is 24.8 Å². The van der Waals surface area contributed by atoms with Crippen molar-refractivity contribution in [2.45, 2.75) is 40.0 Å². The van der Waals surface area contributed by atoms with Crippen LogP contribution in [-0.4, -0.2) is 0 Å². The fraction of sp³-hybridized carbons (Fsp3) is 0.818. The lowest BCUT2D eigenvalue weighted by atomic mass is 9.91. The van der Waals surface area contributed by atoms with E-state index in [0.717, 1.165) is 17.8 Å². The van der Waals surface area contributed by atoms with Gasteiger partial charge in [0.2, 0.25) is 0 Å². The van der Waals surface area contributed by atoms with Crippen LogP contribution in [0.4, 0.5) is 0 Å². The molecule has 2 atom stereocenters. The molecule has 1 aliphatic rings. The van der Waals surface area contributed by atoms with Gasteiger partial charge in [0.1, 0.15) is 0 Å². The first-order chi connectivity index (χ1) is 5.20. The molecule has 0 radical (unpaired) electrons. The summed E-state index contributed by atoms with van der Waals surface area (Å²) < 4.78 is 0. The summed E-state index contributed by atoms with van der Waals surface area (Å²) >= 11 is 0. The van der Waals surface area contributed by atoms with Gasteiger partial charge in [-0.1, -0.05) is 32.9 Å². The topological polar surface area (TPSA) is 0 Å². The molecule has 0 amide bonds. The number of hydrogen-bond acceptors (Lipinski definition) is 0. The lowest BCUT2D eigenvalue weighted by Gasteiger charge is -2.15. The van der Waals surface area contributed by atoms with Crippen molar-refractivity contribution in [2.24, 2.45) is 17.8 Å². The highest BCUT2D eigenvalue weighted by Gasteiger charge is 2.36. The Labute approximate surface area is 70.7 Å². The van der Waals surface area contributed by atoms with E-state index in [2.05, 4.69) is 27.4 Å². The van der Waals surface area contributed by atoms with E-state index < -0.39 is 0 Å². The zero-order valence-electron chi connectivity index (χ0n) is 8.06. The molecular formula is C11H20. The van der Waals surface area contributed by atoms with Crippen LogP contribution in [0.3, 0.4) is 0 Å². The molecule has 0 heterocycles. The van der Waals surface area contributed by atoms with Crippen LogP contribution in [0.1, 0.15) is 40.0 Å². The molecule has 11 heavy (non-hydrogen) atoms. The number of hydrogen-bond donors (Lipinski definition) is 0. The number of allylic oxidation sites excluding steroid dienone is 1. The van der Waals surface area contributed by atoms with E-state index in [1.807, 2.05) is 0 Å². The molecule has 0 aromatic carbocycles. The summed E-state index contributed by atoms with van der Waals surface area (Å²) in [5.41, 5.74) is 1.53. The average molecular weight is 152 g/mol. The Balaban J connectivity index is 2.39. The van der Waals surface area contributed by atoms with E-state index in [0.29, 0.717) is 0 Å². The third-order valence-electron chi connectivity index (χ3n) is 3.10. The third kappa shape index (κ3) is 1.85. The molecule has 1 rings (SSSR count). The van der Waals surface area contributed by atoms with Gasteiger partial charge in [-0.05, 0) is 37.0 Å². The molecule has 0 bridgehead atoms. The second-order valence-electron chi connectivity index (χ2n) is 3.91. The van der Waals surface area contributed by atoms with Crippen LogP contribution in [0.15, 0.2) is 12.2 Å². The predicted octanol–water partition coefficient (Wildman–Crippen LogP) is 3.63. The van der Waals surface area contributed by atoms with Gasteiger partial charge in [0.05, 0.1) is 0 Å². The Hall–Kier alpha value is -0.260. The minimum Gasteiger partial charge on any atom is -0.0993 e. The predicted molar refractivity (Wildman–Crippen MR) is 50.5 cm³/mol. The smallest absolute Gasteiger partial charge is 0.0174 e. The molecule has 0 N–H and O–H groups in total. The Kier molecular flexibility index (Phi) is 2.75. The molecule has 0 aliphatic heterocycles. The first kappa shape index (κ1) is 8.83. The quantitative estimate of drug-likeness (QED) is 0.539. The molecule has 0 saturated heterocycles. The fourth-order valence-corrected chi connectivity index (χ4v) is 1.95. The van der Waals surface area contributed by atoms with Crippen molar-refractivity contribution in [2.75, 3.05) is 0 Å². The molecule has 64 valence electrons. The summed E-state index contributed by atoms with van der Waals surface area (Å²) in [6.45, 7) is 11.1. The molecule has 0 spiro atoms. The number of rotatable bonds is 4. The minimum atomic E-state index is 0.796. The van der Waals surface area contributed by atoms with Crippen molar-refractivity contribution in [3.05, 3.63) is 12.2 Å². The first-order valence-corrected chi connectivity index (χ1v) is 4.89. The van der Waals surface area contributed by atoms with Crippen LogP contribution >= 0.6 is 0 Å². The normalized spacial score (nSPS) is 29.1. The minimum absolute atomic E-state index is 0.796. The van der Waals surface area contributed by atoms with Gasteiger partial charge in [-0.15, -0.1) is 0 Å². The molecule has 1 saturated carbocycles. The highest BCUT2D eigenvalue weighted by Crippen LogP contribution is 2.46. The maximum atomic E-state index is 4.21. The molecule has 0 nitrogen and oxygen atoms in total. The standard InChI is InChI=1S/C11H20/c1-5-10(6-2)9(4)11-7-8(11)3/h8,10-11H,4-7H2,1-3H3. The van der Waals surface area contributed by atoms with Crippen LogP contribution in [0.2, 0.25) is 0 Å². The van der Waals surface area contributed by atoms with E-state index in [-0.39, 0.29) is 0 Å². The first-order valence-electron chi connectivity index (χ1n) is 4.89. The molecule has 2 unspecified atom stereocenters. The van der Waals surface area contributed by atoms with E-state index in [4.69, 9.17) is 0 Å². The van der Waals surface area contributed by atoms with Gasteiger partial charge in [0, 0.05) is 0 Å². The van der Waals surface area contributed by atoms with Crippen LogP contribution < -0.4 is 0 Å². The van der Waals surface area contributed by atoms with Gasteiger partial charge in [0.25, 0.3) is 0 Å².